The van der Waals surface area contributed by atoms with Gasteiger partial charge in [-0.25, -0.2) is 0 Å². The van der Waals surface area contributed by atoms with Gasteiger partial charge in [0, 0.05) is 26.2 Å². The normalized spacial score (nSPS) is 9.92. The number of benzene rings is 2. The van der Waals surface area contributed by atoms with Crippen molar-refractivity contribution in [1.29, 1.82) is 0 Å². The monoisotopic (exact) mass is 397 g/mol. The Morgan fingerprint density at radius 3 is 1.81 bits per heavy atom. The Labute approximate surface area is 169 Å². The number of carbonyl (C=O) groups excluding carboxylic acids is 1. The Kier molecular flexibility index (Phi) is 13.7. The maximum atomic E-state index is 12.2. The number of hydrogen-bond donors (Lipinski definition) is 2. The van der Waals surface area contributed by atoms with Gasteiger partial charge >= 0.3 is 0 Å². The number of nitrogens with one attached hydrogen (secondary N) is 2. The first-order chi connectivity index (χ1) is 11.8. The summed E-state index contributed by atoms with van der Waals surface area (Å²) in [6.07, 6.45) is 0. The van der Waals surface area contributed by atoms with E-state index in [1.807, 2.05) is 36.4 Å². The molecule has 26 heavy (non-hydrogen) atoms. The highest BCUT2D eigenvalue weighted by atomic mass is 35.5. The molecule has 0 atom stereocenters. The smallest absolute Gasteiger partial charge is 0.234 e. The minimum atomic E-state index is 0. The summed E-state index contributed by atoms with van der Waals surface area (Å²) >= 11 is 0. The van der Waals surface area contributed by atoms with Crippen molar-refractivity contribution in [2.45, 2.75) is 20.0 Å². The van der Waals surface area contributed by atoms with Crippen LogP contribution >= 0.6 is 24.8 Å². The molecule has 0 spiro atoms. The van der Waals surface area contributed by atoms with Crippen molar-refractivity contribution in [2.75, 3.05) is 26.2 Å². The van der Waals surface area contributed by atoms with Crippen molar-refractivity contribution in [3.8, 4) is 0 Å². The Hall–Kier alpha value is -1.59. The van der Waals surface area contributed by atoms with E-state index in [9.17, 15) is 4.79 Å². The van der Waals surface area contributed by atoms with Crippen molar-refractivity contribution >= 4 is 30.7 Å². The number of likely N-dealkylation sites (N-methyl/N-ethyl adjacent to an activating group) is 1. The molecule has 2 aromatic rings. The van der Waals surface area contributed by atoms with E-state index in [4.69, 9.17) is 0 Å². The van der Waals surface area contributed by atoms with Gasteiger partial charge < -0.3 is 10.6 Å². The molecule has 2 rings (SSSR count). The molecule has 4 nitrogen and oxygen atoms in total. The molecule has 0 aliphatic rings. The second-order valence-corrected chi connectivity index (χ2v) is 5.82. The first-order valence-electron chi connectivity index (χ1n) is 8.55. The standard InChI is InChI=1S/C20H27N3O.2ClH/c1-2-21-13-14-22-20(24)17-23(15-18-9-5-3-6-10-18)16-19-11-7-4-8-12-19;;/h3-12,21H,2,13-17H2,1H3,(H,22,24);2*1H. The van der Waals surface area contributed by atoms with Gasteiger partial charge in [-0.2, -0.15) is 0 Å². The van der Waals surface area contributed by atoms with Gasteiger partial charge in [0.1, 0.15) is 0 Å². The zero-order valence-corrected chi connectivity index (χ0v) is 16.8. The van der Waals surface area contributed by atoms with Crippen LogP contribution in [-0.4, -0.2) is 37.0 Å². The second kappa shape index (κ2) is 14.6. The number of carbonyl (C=O) groups is 1. The fourth-order valence-corrected chi connectivity index (χ4v) is 2.58. The minimum Gasteiger partial charge on any atom is -0.354 e. The van der Waals surface area contributed by atoms with Crippen LogP contribution in [0.25, 0.3) is 0 Å². The largest absolute Gasteiger partial charge is 0.354 e. The SMILES string of the molecule is CCNCCNC(=O)CN(Cc1ccccc1)Cc1ccccc1.Cl.Cl. The third kappa shape index (κ3) is 9.78. The third-order valence-electron chi connectivity index (χ3n) is 3.74. The van der Waals surface area contributed by atoms with Crippen LogP contribution in [0.2, 0.25) is 0 Å². The molecule has 2 aromatic carbocycles. The topological polar surface area (TPSA) is 44.4 Å². The van der Waals surface area contributed by atoms with Gasteiger partial charge in [-0.15, -0.1) is 24.8 Å². The molecule has 0 heterocycles. The van der Waals surface area contributed by atoms with Gasteiger partial charge in [0.15, 0.2) is 0 Å². The fourth-order valence-electron chi connectivity index (χ4n) is 2.58. The molecule has 2 N–H and O–H groups in total. The quantitative estimate of drug-likeness (QED) is 0.604. The Balaban J connectivity index is 0.00000312. The van der Waals surface area contributed by atoms with Crippen LogP contribution in [0.4, 0.5) is 0 Å². The van der Waals surface area contributed by atoms with Crippen LogP contribution in [0.3, 0.4) is 0 Å². The summed E-state index contributed by atoms with van der Waals surface area (Å²) in [5, 5.41) is 6.18. The highest BCUT2D eigenvalue weighted by molar-refractivity contribution is 5.85. The fraction of sp³-hybridized carbons (Fsp3) is 0.350. The maximum absolute atomic E-state index is 12.2. The molecule has 0 saturated carbocycles. The van der Waals surface area contributed by atoms with E-state index < -0.39 is 0 Å². The first kappa shape index (κ1) is 24.4. The maximum Gasteiger partial charge on any atom is 0.234 e. The molecule has 0 unspecified atom stereocenters. The Bertz CT molecular complexity index is 555. The number of rotatable bonds is 10. The van der Waals surface area contributed by atoms with E-state index in [2.05, 4.69) is 46.7 Å². The van der Waals surface area contributed by atoms with Crippen molar-refractivity contribution in [3.63, 3.8) is 0 Å². The number of halogens is 2. The van der Waals surface area contributed by atoms with E-state index in [0.717, 1.165) is 26.2 Å². The number of amides is 1. The van der Waals surface area contributed by atoms with Crippen molar-refractivity contribution < 1.29 is 4.79 Å². The molecule has 1 amide bonds. The molecule has 0 aliphatic carbocycles. The van der Waals surface area contributed by atoms with E-state index in [-0.39, 0.29) is 30.7 Å². The van der Waals surface area contributed by atoms with E-state index in [1.54, 1.807) is 0 Å². The summed E-state index contributed by atoms with van der Waals surface area (Å²) < 4.78 is 0. The van der Waals surface area contributed by atoms with Crippen LogP contribution in [0.15, 0.2) is 60.7 Å². The Morgan fingerprint density at radius 1 is 0.846 bits per heavy atom. The Morgan fingerprint density at radius 2 is 1.35 bits per heavy atom. The van der Waals surface area contributed by atoms with Crippen molar-refractivity contribution in [2.24, 2.45) is 0 Å². The molecular formula is C20H29Cl2N3O. The highest BCUT2D eigenvalue weighted by Crippen LogP contribution is 2.09. The highest BCUT2D eigenvalue weighted by Gasteiger charge is 2.11. The molecule has 0 radical (unpaired) electrons. The molecular weight excluding hydrogens is 369 g/mol. The summed E-state index contributed by atoms with van der Waals surface area (Å²) in [5.41, 5.74) is 2.43. The zero-order chi connectivity index (χ0) is 17.0. The molecule has 144 valence electrons. The summed E-state index contributed by atoms with van der Waals surface area (Å²) in [4.78, 5) is 14.4. The van der Waals surface area contributed by atoms with Gasteiger partial charge in [0.25, 0.3) is 0 Å². The van der Waals surface area contributed by atoms with Gasteiger partial charge in [0.2, 0.25) is 5.91 Å². The summed E-state index contributed by atoms with van der Waals surface area (Å²) in [7, 11) is 0. The average Bonchev–Trinajstić information content (AvgIpc) is 2.60. The second-order valence-electron chi connectivity index (χ2n) is 5.82. The summed E-state index contributed by atoms with van der Waals surface area (Å²) in [5.74, 6) is 0.0692. The van der Waals surface area contributed by atoms with Crippen LogP contribution in [0.5, 0.6) is 0 Å². The van der Waals surface area contributed by atoms with E-state index >= 15 is 0 Å². The zero-order valence-electron chi connectivity index (χ0n) is 15.2. The molecule has 6 heteroatoms. The van der Waals surface area contributed by atoms with Gasteiger partial charge in [0.05, 0.1) is 6.54 Å². The van der Waals surface area contributed by atoms with Crippen molar-refractivity contribution in [3.05, 3.63) is 71.8 Å². The average molecular weight is 398 g/mol. The van der Waals surface area contributed by atoms with Crippen LogP contribution in [0.1, 0.15) is 18.1 Å². The van der Waals surface area contributed by atoms with Crippen LogP contribution in [0, 0.1) is 0 Å². The summed E-state index contributed by atoms with van der Waals surface area (Å²) in [6, 6.07) is 20.6. The van der Waals surface area contributed by atoms with Gasteiger partial charge in [-0.3, -0.25) is 9.69 Å². The molecule has 0 aliphatic heterocycles. The van der Waals surface area contributed by atoms with E-state index in [1.165, 1.54) is 11.1 Å². The first-order valence-corrected chi connectivity index (χ1v) is 8.55. The molecule has 0 fully saturated rings. The lowest BCUT2D eigenvalue weighted by Gasteiger charge is -2.22. The van der Waals surface area contributed by atoms with Crippen LogP contribution < -0.4 is 10.6 Å². The third-order valence-corrected chi connectivity index (χ3v) is 3.74. The molecule has 0 bridgehead atoms. The number of hydrogen-bond acceptors (Lipinski definition) is 3. The van der Waals surface area contributed by atoms with E-state index in [0.29, 0.717) is 13.1 Å². The lowest BCUT2D eigenvalue weighted by molar-refractivity contribution is -0.122. The minimum absolute atomic E-state index is 0. The molecule has 0 saturated heterocycles. The lowest BCUT2D eigenvalue weighted by Crippen LogP contribution is -2.39. The lowest BCUT2D eigenvalue weighted by atomic mass is 10.1. The van der Waals surface area contributed by atoms with Gasteiger partial charge in [-0.05, 0) is 17.7 Å². The van der Waals surface area contributed by atoms with Gasteiger partial charge in [-0.1, -0.05) is 67.6 Å². The van der Waals surface area contributed by atoms with Crippen LogP contribution in [-0.2, 0) is 17.9 Å². The van der Waals surface area contributed by atoms with Crippen molar-refractivity contribution in [1.82, 2.24) is 15.5 Å². The summed E-state index contributed by atoms with van der Waals surface area (Å²) in [6.45, 7) is 6.37. The predicted molar refractivity (Wildman–Crippen MR) is 113 cm³/mol. The predicted octanol–water partition coefficient (Wildman–Crippen LogP) is 3.26. The molecule has 0 aromatic heterocycles. The number of nitrogens with zero attached hydrogens (tertiary/aromatic N) is 1.